The van der Waals surface area contributed by atoms with Gasteiger partial charge in [0, 0.05) is 38.6 Å². The summed E-state index contributed by atoms with van der Waals surface area (Å²) in [6.07, 6.45) is 0. The van der Waals surface area contributed by atoms with Gasteiger partial charge >= 0.3 is 0 Å². The van der Waals surface area contributed by atoms with Gasteiger partial charge < -0.3 is 15.1 Å². The van der Waals surface area contributed by atoms with Gasteiger partial charge in [0.15, 0.2) is 11.5 Å². The summed E-state index contributed by atoms with van der Waals surface area (Å²) in [6.45, 7) is 5.83. The Kier molecular flexibility index (Phi) is 5.51. The molecule has 0 aliphatic heterocycles. The number of carbonyl (C=O) groups excluding carboxylic acids is 1. The molecule has 1 heterocycles. The van der Waals surface area contributed by atoms with Gasteiger partial charge in [-0.2, -0.15) is 0 Å². The van der Waals surface area contributed by atoms with Crippen molar-refractivity contribution in [1.29, 1.82) is 0 Å². The first kappa shape index (κ1) is 16.7. The van der Waals surface area contributed by atoms with E-state index in [2.05, 4.69) is 34.3 Å². The minimum Gasteiger partial charge on any atom is -0.378 e. The minimum atomic E-state index is -0.263. The van der Waals surface area contributed by atoms with Gasteiger partial charge in [0.25, 0.3) is 5.91 Å². The molecule has 2 aromatic rings. The summed E-state index contributed by atoms with van der Waals surface area (Å²) in [5.41, 5.74) is 2.11. The average molecular weight is 313 g/mol. The zero-order chi connectivity index (χ0) is 16.8. The van der Waals surface area contributed by atoms with Crippen LogP contribution >= 0.6 is 0 Å². The van der Waals surface area contributed by atoms with Gasteiger partial charge in [-0.1, -0.05) is 0 Å². The zero-order valence-electron chi connectivity index (χ0n) is 14.1. The molecule has 0 aliphatic carbocycles. The lowest BCUT2D eigenvalue weighted by molar-refractivity contribution is 0.102. The number of nitrogens with one attached hydrogen (secondary N) is 1. The molecule has 0 saturated heterocycles. The third-order valence-electron chi connectivity index (χ3n) is 3.61. The highest BCUT2D eigenvalue weighted by atomic mass is 16.1. The summed E-state index contributed by atoms with van der Waals surface area (Å²) in [7, 11) is 3.95. The van der Waals surface area contributed by atoms with Crippen LogP contribution in [0.4, 0.5) is 17.2 Å². The molecule has 1 N–H and O–H groups in total. The highest BCUT2D eigenvalue weighted by molar-refractivity contribution is 6.02. The SMILES string of the molecule is CCN(CC)c1ccc(C(=O)Nc2ccc(N(C)C)cc2)nn1. The number of amides is 1. The maximum Gasteiger partial charge on any atom is 0.276 e. The van der Waals surface area contributed by atoms with Crippen LogP contribution in [0.1, 0.15) is 24.3 Å². The van der Waals surface area contributed by atoms with Gasteiger partial charge in [-0.05, 0) is 50.2 Å². The Balaban J connectivity index is 2.05. The predicted octanol–water partition coefficient (Wildman–Crippen LogP) is 2.64. The standard InChI is InChI=1S/C17H23N5O/c1-5-22(6-2)16-12-11-15(19-20-16)17(23)18-13-7-9-14(10-8-13)21(3)4/h7-12H,5-6H2,1-4H3,(H,18,23). The fraction of sp³-hybridized carbons (Fsp3) is 0.353. The molecule has 2 rings (SSSR count). The van der Waals surface area contributed by atoms with E-state index in [9.17, 15) is 4.79 Å². The molecule has 122 valence electrons. The van der Waals surface area contributed by atoms with Crippen LogP contribution in [-0.4, -0.2) is 43.3 Å². The molecule has 0 fully saturated rings. The quantitative estimate of drug-likeness (QED) is 0.888. The van der Waals surface area contributed by atoms with Crippen LogP contribution in [0.5, 0.6) is 0 Å². The smallest absolute Gasteiger partial charge is 0.276 e. The number of carbonyl (C=O) groups is 1. The van der Waals surface area contributed by atoms with Gasteiger partial charge in [-0.15, -0.1) is 10.2 Å². The minimum absolute atomic E-state index is 0.263. The maximum atomic E-state index is 12.2. The molecule has 6 nitrogen and oxygen atoms in total. The van der Waals surface area contributed by atoms with Crippen LogP contribution < -0.4 is 15.1 Å². The van der Waals surface area contributed by atoms with E-state index in [1.165, 1.54) is 0 Å². The first-order chi connectivity index (χ1) is 11.0. The maximum absolute atomic E-state index is 12.2. The third kappa shape index (κ3) is 4.18. The Hall–Kier alpha value is -2.63. The Morgan fingerprint density at radius 3 is 2.13 bits per heavy atom. The van der Waals surface area contributed by atoms with E-state index in [4.69, 9.17) is 0 Å². The van der Waals surface area contributed by atoms with Gasteiger partial charge in [0.1, 0.15) is 0 Å². The Morgan fingerprint density at radius 1 is 1.00 bits per heavy atom. The van der Waals surface area contributed by atoms with Crippen molar-refractivity contribution < 1.29 is 4.79 Å². The lowest BCUT2D eigenvalue weighted by Crippen LogP contribution is -2.24. The molecule has 23 heavy (non-hydrogen) atoms. The molecule has 0 bridgehead atoms. The second kappa shape index (κ2) is 7.58. The topological polar surface area (TPSA) is 61.4 Å². The Labute approximate surface area is 137 Å². The molecule has 1 amide bonds. The summed E-state index contributed by atoms with van der Waals surface area (Å²) >= 11 is 0. The summed E-state index contributed by atoms with van der Waals surface area (Å²) in [5.74, 6) is 0.517. The second-order valence-corrected chi connectivity index (χ2v) is 5.34. The van der Waals surface area contributed by atoms with Crippen LogP contribution in [0.15, 0.2) is 36.4 Å². The fourth-order valence-electron chi connectivity index (χ4n) is 2.20. The van der Waals surface area contributed by atoms with Crippen LogP contribution in [0.25, 0.3) is 0 Å². The zero-order valence-corrected chi connectivity index (χ0v) is 14.1. The summed E-state index contributed by atoms with van der Waals surface area (Å²) in [5, 5.41) is 11.0. The van der Waals surface area contributed by atoms with Crippen molar-refractivity contribution in [3.63, 3.8) is 0 Å². The van der Waals surface area contributed by atoms with E-state index < -0.39 is 0 Å². The summed E-state index contributed by atoms with van der Waals surface area (Å²) in [4.78, 5) is 16.3. The van der Waals surface area contributed by atoms with Crippen molar-refractivity contribution in [2.24, 2.45) is 0 Å². The number of anilines is 3. The fourth-order valence-corrected chi connectivity index (χ4v) is 2.20. The van der Waals surface area contributed by atoms with Crippen LogP contribution in [-0.2, 0) is 0 Å². The van der Waals surface area contributed by atoms with Crippen LogP contribution in [0, 0.1) is 0 Å². The molecule has 0 unspecified atom stereocenters. The monoisotopic (exact) mass is 313 g/mol. The third-order valence-corrected chi connectivity index (χ3v) is 3.61. The lowest BCUT2D eigenvalue weighted by atomic mass is 10.2. The van der Waals surface area contributed by atoms with Crippen molar-refractivity contribution in [2.45, 2.75) is 13.8 Å². The summed E-state index contributed by atoms with van der Waals surface area (Å²) < 4.78 is 0. The molecule has 0 saturated carbocycles. The first-order valence-corrected chi connectivity index (χ1v) is 7.72. The molecule has 6 heteroatoms. The van der Waals surface area contributed by atoms with Gasteiger partial charge in [-0.3, -0.25) is 4.79 Å². The Morgan fingerprint density at radius 2 is 1.65 bits per heavy atom. The molecule has 1 aromatic heterocycles. The highest BCUT2D eigenvalue weighted by Crippen LogP contribution is 2.16. The van der Waals surface area contributed by atoms with E-state index in [0.717, 1.165) is 30.3 Å². The van der Waals surface area contributed by atoms with Crippen molar-refractivity contribution in [3.05, 3.63) is 42.1 Å². The predicted molar refractivity (Wildman–Crippen MR) is 94.3 cm³/mol. The van der Waals surface area contributed by atoms with E-state index in [-0.39, 0.29) is 5.91 Å². The number of hydrogen-bond donors (Lipinski definition) is 1. The van der Waals surface area contributed by atoms with Crippen LogP contribution in [0.2, 0.25) is 0 Å². The van der Waals surface area contributed by atoms with Gasteiger partial charge in [0.2, 0.25) is 0 Å². The molecule has 0 aliphatic rings. The average Bonchev–Trinajstić information content (AvgIpc) is 2.57. The molecule has 0 radical (unpaired) electrons. The number of aromatic nitrogens is 2. The van der Waals surface area contributed by atoms with Crippen molar-refractivity contribution >= 4 is 23.1 Å². The number of hydrogen-bond acceptors (Lipinski definition) is 5. The van der Waals surface area contributed by atoms with Crippen LogP contribution in [0.3, 0.4) is 0 Å². The normalized spacial score (nSPS) is 10.3. The number of nitrogens with zero attached hydrogens (tertiary/aromatic N) is 4. The number of rotatable bonds is 6. The molecular formula is C17H23N5O. The second-order valence-electron chi connectivity index (χ2n) is 5.34. The summed E-state index contributed by atoms with van der Waals surface area (Å²) in [6, 6.07) is 11.2. The molecule has 0 spiro atoms. The molecule has 1 aromatic carbocycles. The van der Waals surface area contributed by atoms with Gasteiger partial charge in [-0.25, -0.2) is 0 Å². The van der Waals surface area contributed by atoms with Crippen molar-refractivity contribution in [2.75, 3.05) is 42.3 Å². The first-order valence-electron chi connectivity index (χ1n) is 7.72. The van der Waals surface area contributed by atoms with E-state index >= 15 is 0 Å². The van der Waals surface area contributed by atoms with E-state index in [1.807, 2.05) is 49.3 Å². The molecular weight excluding hydrogens is 290 g/mol. The Bertz CT molecular complexity index is 633. The lowest BCUT2D eigenvalue weighted by Gasteiger charge is -2.18. The van der Waals surface area contributed by atoms with Crippen molar-refractivity contribution in [3.8, 4) is 0 Å². The van der Waals surface area contributed by atoms with E-state index in [0.29, 0.717) is 5.69 Å². The molecule has 0 atom stereocenters. The number of benzene rings is 1. The largest absolute Gasteiger partial charge is 0.378 e. The highest BCUT2D eigenvalue weighted by Gasteiger charge is 2.10. The van der Waals surface area contributed by atoms with Gasteiger partial charge in [0.05, 0.1) is 0 Å². The van der Waals surface area contributed by atoms with E-state index in [1.54, 1.807) is 6.07 Å². The van der Waals surface area contributed by atoms with Crippen molar-refractivity contribution in [1.82, 2.24) is 10.2 Å².